The highest BCUT2D eigenvalue weighted by atomic mass is 79.9. The van der Waals surface area contributed by atoms with Crippen LogP contribution >= 0.6 is 15.9 Å². The Bertz CT molecular complexity index is 748. The molecular weight excluding hydrogens is 368 g/mol. The lowest BCUT2D eigenvalue weighted by atomic mass is 10.5. The summed E-state index contributed by atoms with van der Waals surface area (Å²) in [5.74, 6) is -1.14. The Morgan fingerprint density at radius 3 is 2.76 bits per heavy atom. The summed E-state index contributed by atoms with van der Waals surface area (Å²) in [6, 6.07) is 0. The molecule has 0 radical (unpaired) electrons. The van der Waals surface area contributed by atoms with Crippen molar-refractivity contribution in [2.45, 2.75) is 11.6 Å². The Kier molecular flexibility index (Phi) is 4.39. The fourth-order valence-corrected chi connectivity index (χ4v) is 3.69. The van der Waals surface area contributed by atoms with Gasteiger partial charge in [-0.15, -0.1) is 5.10 Å². The summed E-state index contributed by atoms with van der Waals surface area (Å²) in [5.41, 5.74) is -0.101. The average molecular weight is 379 g/mol. The number of nitrogens with zero attached hydrogens (tertiary/aromatic N) is 5. The van der Waals surface area contributed by atoms with Crippen molar-refractivity contribution in [1.82, 2.24) is 29.3 Å². The van der Waals surface area contributed by atoms with Crippen molar-refractivity contribution in [3.05, 3.63) is 22.8 Å². The van der Waals surface area contributed by atoms with Crippen LogP contribution < -0.4 is 4.72 Å². The maximum absolute atomic E-state index is 12.1. The molecule has 2 heterocycles. The van der Waals surface area contributed by atoms with Crippen LogP contribution in [-0.2, 0) is 23.6 Å². The number of aromatic carboxylic acids is 1. The molecule has 2 aromatic heterocycles. The van der Waals surface area contributed by atoms with Crippen molar-refractivity contribution in [3.8, 4) is 0 Å². The lowest BCUT2D eigenvalue weighted by molar-refractivity contribution is 0.0691. The topological polar surface area (TPSA) is 132 Å². The van der Waals surface area contributed by atoms with Crippen LogP contribution in [0.25, 0.3) is 0 Å². The van der Waals surface area contributed by atoms with E-state index in [0.29, 0.717) is 0 Å². The molecule has 0 aliphatic rings. The number of hydrogen-bond acceptors (Lipinski definition) is 6. The van der Waals surface area contributed by atoms with E-state index in [1.54, 1.807) is 0 Å². The third-order valence-electron chi connectivity index (χ3n) is 2.51. The van der Waals surface area contributed by atoms with Gasteiger partial charge >= 0.3 is 5.97 Å². The highest BCUT2D eigenvalue weighted by molar-refractivity contribution is 9.10. The van der Waals surface area contributed by atoms with Gasteiger partial charge in [-0.25, -0.2) is 27.6 Å². The van der Waals surface area contributed by atoms with Gasteiger partial charge in [0, 0.05) is 26.3 Å². The van der Waals surface area contributed by atoms with E-state index in [9.17, 15) is 13.2 Å². The van der Waals surface area contributed by atoms with Crippen molar-refractivity contribution in [2.75, 3.05) is 6.54 Å². The molecule has 0 unspecified atom stereocenters. The highest BCUT2D eigenvalue weighted by Crippen LogP contribution is 2.17. The van der Waals surface area contributed by atoms with Gasteiger partial charge in [-0.2, -0.15) is 0 Å². The van der Waals surface area contributed by atoms with Gasteiger partial charge in [0.15, 0.2) is 10.3 Å². The molecule has 12 heteroatoms. The molecule has 114 valence electrons. The van der Waals surface area contributed by atoms with Crippen LogP contribution in [0, 0.1) is 0 Å². The van der Waals surface area contributed by atoms with Gasteiger partial charge in [-0.1, -0.05) is 5.21 Å². The van der Waals surface area contributed by atoms with Gasteiger partial charge in [0.05, 0.1) is 6.33 Å². The zero-order valence-electron chi connectivity index (χ0n) is 10.8. The SMILES string of the molecule is Cn1nnc(Br)c1S(=O)(=O)NCCn1cnc(C(=O)O)c1. The number of sulfonamides is 1. The zero-order valence-corrected chi connectivity index (χ0v) is 13.2. The smallest absolute Gasteiger partial charge is 0.356 e. The van der Waals surface area contributed by atoms with Crippen LogP contribution in [0.3, 0.4) is 0 Å². The van der Waals surface area contributed by atoms with Crippen molar-refractivity contribution < 1.29 is 18.3 Å². The molecule has 2 rings (SSSR count). The maximum Gasteiger partial charge on any atom is 0.356 e. The number of carbonyl (C=O) groups is 1. The Morgan fingerprint density at radius 2 is 2.24 bits per heavy atom. The standard InChI is InChI=1S/C9H11BrN6O4S/c1-15-8(7(10)13-14-15)21(19,20)12-2-3-16-4-6(9(17)18)11-5-16/h4-5,12H,2-3H2,1H3,(H,17,18). The van der Waals surface area contributed by atoms with E-state index in [2.05, 4.69) is 35.9 Å². The quantitative estimate of drug-likeness (QED) is 0.688. The highest BCUT2D eigenvalue weighted by Gasteiger charge is 2.23. The third-order valence-corrected chi connectivity index (χ3v) is 4.85. The molecule has 0 fully saturated rings. The third kappa shape index (κ3) is 3.46. The van der Waals surface area contributed by atoms with Gasteiger partial charge < -0.3 is 9.67 Å². The Labute approximate surface area is 128 Å². The first-order chi connectivity index (χ1) is 9.81. The number of hydrogen-bond donors (Lipinski definition) is 2. The lowest BCUT2D eigenvalue weighted by Crippen LogP contribution is -2.29. The Balaban J connectivity index is 2.01. The summed E-state index contributed by atoms with van der Waals surface area (Å²) < 4.78 is 29.3. The summed E-state index contributed by atoms with van der Waals surface area (Å²) in [7, 11) is -2.31. The zero-order chi connectivity index (χ0) is 15.6. The van der Waals surface area contributed by atoms with Gasteiger partial charge in [0.1, 0.15) is 0 Å². The van der Waals surface area contributed by atoms with Gasteiger partial charge in [0.25, 0.3) is 10.0 Å². The second-order valence-corrected chi connectivity index (χ2v) is 6.44. The van der Waals surface area contributed by atoms with E-state index in [0.717, 1.165) is 4.68 Å². The maximum atomic E-state index is 12.1. The first-order valence-electron chi connectivity index (χ1n) is 5.61. The van der Waals surface area contributed by atoms with Gasteiger partial charge in [-0.05, 0) is 15.9 Å². The molecular formula is C9H11BrN6O4S. The second kappa shape index (κ2) is 5.91. The van der Waals surface area contributed by atoms with Crippen molar-refractivity contribution in [1.29, 1.82) is 0 Å². The van der Waals surface area contributed by atoms with Crippen LogP contribution in [0.4, 0.5) is 0 Å². The summed E-state index contributed by atoms with van der Waals surface area (Å²) in [5, 5.41) is 15.8. The molecule has 0 amide bonds. The van der Waals surface area contributed by atoms with Crippen LogP contribution in [0.2, 0.25) is 0 Å². The van der Waals surface area contributed by atoms with Gasteiger partial charge in [0.2, 0.25) is 5.03 Å². The largest absolute Gasteiger partial charge is 0.476 e. The molecule has 0 aliphatic heterocycles. The molecule has 0 atom stereocenters. The summed E-state index contributed by atoms with van der Waals surface area (Å²) in [4.78, 5) is 14.3. The van der Waals surface area contributed by atoms with E-state index < -0.39 is 16.0 Å². The van der Waals surface area contributed by atoms with Crippen LogP contribution in [0.15, 0.2) is 22.2 Å². The molecule has 0 saturated carbocycles. The predicted octanol–water partition coefficient (Wildman–Crippen LogP) is -0.549. The van der Waals surface area contributed by atoms with E-state index in [1.807, 2.05) is 0 Å². The van der Waals surface area contributed by atoms with Crippen LogP contribution in [0.1, 0.15) is 10.5 Å². The fraction of sp³-hybridized carbons (Fsp3) is 0.333. The number of halogens is 1. The molecule has 0 saturated heterocycles. The second-order valence-electron chi connectivity index (χ2n) is 4.01. The number of aryl methyl sites for hydroxylation is 1. The first-order valence-corrected chi connectivity index (χ1v) is 7.89. The number of imidazole rings is 1. The summed E-state index contributed by atoms with van der Waals surface area (Å²) >= 11 is 3.01. The van der Waals surface area contributed by atoms with Crippen molar-refractivity contribution in [2.24, 2.45) is 7.05 Å². The monoisotopic (exact) mass is 378 g/mol. The Morgan fingerprint density at radius 1 is 1.52 bits per heavy atom. The molecule has 2 N–H and O–H groups in total. The van der Waals surface area contributed by atoms with Crippen molar-refractivity contribution in [3.63, 3.8) is 0 Å². The molecule has 21 heavy (non-hydrogen) atoms. The number of carboxylic acid groups (broad SMARTS) is 1. The summed E-state index contributed by atoms with van der Waals surface area (Å²) in [6.07, 6.45) is 2.64. The molecule has 0 aromatic carbocycles. The Hall–Kier alpha value is -1.79. The minimum Gasteiger partial charge on any atom is -0.476 e. The number of carboxylic acids is 1. The minimum absolute atomic E-state index is 0.0649. The lowest BCUT2D eigenvalue weighted by Gasteiger charge is -2.07. The molecule has 0 spiro atoms. The van der Waals surface area contributed by atoms with Gasteiger partial charge in [-0.3, -0.25) is 0 Å². The molecule has 2 aromatic rings. The number of nitrogens with one attached hydrogen (secondary N) is 1. The van der Waals surface area contributed by atoms with E-state index in [1.165, 1.54) is 24.1 Å². The normalized spacial score (nSPS) is 11.7. The average Bonchev–Trinajstić information content (AvgIpc) is 2.96. The molecule has 0 aliphatic carbocycles. The number of rotatable bonds is 6. The predicted molar refractivity (Wildman–Crippen MR) is 73.1 cm³/mol. The van der Waals surface area contributed by atoms with E-state index in [4.69, 9.17) is 5.11 Å². The van der Waals surface area contributed by atoms with Crippen molar-refractivity contribution >= 4 is 31.9 Å². The van der Waals surface area contributed by atoms with E-state index >= 15 is 0 Å². The fourth-order valence-electron chi connectivity index (χ4n) is 1.58. The minimum atomic E-state index is -3.77. The number of aromatic nitrogens is 5. The van der Waals surface area contributed by atoms with E-state index in [-0.39, 0.29) is 28.4 Å². The van der Waals surface area contributed by atoms with Crippen LogP contribution in [-0.4, -0.2) is 50.6 Å². The molecule has 0 bridgehead atoms. The van der Waals surface area contributed by atoms with Crippen LogP contribution in [0.5, 0.6) is 0 Å². The first kappa shape index (κ1) is 15.6. The summed E-state index contributed by atoms with van der Waals surface area (Å²) in [6.45, 7) is 0.303. The molecule has 10 nitrogen and oxygen atoms in total.